The molecule has 2 atom stereocenters. The van der Waals surface area contributed by atoms with Crippen molar-refractivity contribution in [3.8, 4) is 0 Å². The van der Waals surface area contributed by atoms with Crippen molar-refractivity contribution in [1.82, 2.24) is 10.1 Å². The third-order valence-corrected chi connectivity index (χ3v) is 11.5. The van der Waals surface area contributed by atoms with E-state index in [-0.39, 0.29) is 5.91 Å². The molecular weight excluding hydrogens is 579 g/mol. The number of hydrogen-bond donors (Lipinski definition) is 1. The minimum atomic E-state index is -2.69. The normalized spacial score (nSPS) is 14.3. The molecule has 1 aliphatic heterocycles. The molecule has 190 valence electrons. The Morgan fingerprint density at radius 2 is 1.63 bits per heavy atom. The lowest BCUT2D eigenvalue weighted by Gasteiger charge is -2.34. The van der Waals surface area contributed by atoms with Crippen molar-refractivity contribution in [2.24, 2.45) is 5.11 Å². The molecule has 1 amide bonds. The fourth-order valence-corrected chi connectivity index (χ4v) is 8.76. The quantitative estimate of drug-likeness (QED) is 0.120. The molecule has 10 heteroatoms. The molecule has 0 radical (unpaired) electrons. The van der Waals surface area contributed by atoms with E-state index < -0.39 is 18.3 Å². The van der Waals surface area contributed by atoms with Crippen LogP contribution < -0.4 is 20.6 Å². The monoisotopic (exact) mass is 602 g/mol. The molecule has 0 fully saturated rings. The van der Waals surface area contributed by atoms with E-state index in [1.54, 1.807) is 11.1 Å². The number of halogens is 1. The van der Waals surface area contributed by atoms with Crippen molar-refractivity contribution in [3.63, 3.8) is 0 Å². The van der Waals surface area contributed by atoms with Crippen LogP contribution in [0.2, 0.25) is 0 Å². The van der Waals surface area contributed by atoms with Gasteiger partial charge in [-0.2, -0.15) is 0 Å². The molecule has 1 aliphatic rings. The zero-order chi connectivity index (χ0) is 26.5. The third kappa shape index (κ3) is 5.17. The summed E-state index contributed by atoms with van der Waals surface area (Å²) in [5, 5.41) is 9.66. The average molecular weight is 603 g/mol. The summed E-state index contributed by atoms with van der Waals surface area (Å²) in [6, 6.07) is 29.4. The maximum atomic E-state index is 14.1. The predicted molar refractivity (Wildman–Crippen MR) is 160 cm³/mol. The molecule has 0 aliphatic carbocycles. The summed E-state index contributed by atoms with van der Waals surface area (Å²) in [6.45, 7) is 0.469. The number of amides is 1. The number of pyridine rings is 1. The van der Waals surface area contributed by atoms with Gasteiger partial charge in [-0.25, -0.2) is 4.98 Å². The maximum absolute atomic E-state index is 14.1. The second kappa shape index (κ2) is 11.6. The fraction of sp³-hybridized carbons (Fsp3) is 0.143. The van der Waals surface area contributed by atoms with Crippen LogP contribution in [0.25, 0.3) is 10.4 Å². The van der Waals surface area contributed by atoms with Gasteiger partial charge in [-0.3, -0.25) is 14.8 Å². The van der Waals surface area contributed by atoms with Crippen LogP contribution in [0.1, 0.15) is 17.2 Å². The van der Waals surface area contributed by atoms with E-state index in [9.17, 15) is 10.3 Å². The average Bonchev–Trinajstić information content (AvgIpc) is 3.40. The highest BCUT2D eigenvalue weighted by molar-refractivity contribution is 9.10. The number of carbonyl (C=O) groups excluding carboxylic acids is 1. The first kappa shape index (κ1) is 26.3. The lowest BCUT2D eigenvalue weighted by atomic mass is 9.99. The Kier molecular flexibility index (Phi) is 8.03. The van der Waals surface area contributed by atoms with Gasteiger partial charge in [-0.15, -0.1) is 0 Å². The number of azide groups is 1. The Balaban J connectivity index is 1.65. The number of rotatable bonds is 8. The Morgan fingerprint density at radius 1 is 1.00 bits per heavy atom. The van der Waals surface area contributed by atoms with Gasteiger partial charge in [0.05, 0.1) is 12.2 Å². The molecule has 0 spiro atoms. The number of benzene rings is 3. The zero-order valence-corrected chi connectivity index (χ0v) is 23.6. The van der Waals surface area contributed by atoms with Gasteiger partial charge in [-0.05, 0) is 35.2 Å². The molecule has 1 N–H and O–H groups in total. The van der Waals surface area contributed by atoms with Crippen LogP contribution in [-0.2, 0) is 23.0 Å². The summed E-state index contributed by atoms with van der Waals surface area (Å²) in [7, 11) is 0. The molecule has 1 aromatic heterocycles. The second-order valence-electron chi connectivity index (χ2n) is 8.78. The van der Waals surface area contributed by atoms with Crippen LogP contribution in [0.5, 0.6) is 0 Å². The van der Waals surface area contributed by atoms with Crippen LogP contribution in [0.4, 0.5) is 5.82 Å². The van der Waals surface area contributed by atoms with E-state index in [1.165, 1.54) is 0 Å². The van der Waals surface area contributed by atoms with Gasteiger partial charge in [0.1, 0.15) is 11.9 Å². The summed E-state index contributed by atoms with van der Waals surface area (Å²) in [5.74, 6) is 0.281. The number of carbonyl (C=O) groups is 1. The van der Waals surface area contributed by atoms with Crippen molar-refractivity contribution < 1.29 is 4.79 Å². The van der Waals surface area contributed by atoms with Crippen LogP contribution in [-0.4, -0.2) is 23.5 Å². The van der Waals surface area contributed by atoms with Gasteiger partial charge in [0, 0.05) is 32.7 Å². The van der Waals surface area contributed by atoms with Crippen molar-refractivity contribution in [2.45, 2.75) is 18.5 Å². The summed E-state index contributed by atoms with van der Waals surface area (Å²) in [5.41, 5.74) is 11.4. The predicted octanol–water partition coefficient (Wildman–Crippen LogP) is 5.79. The highest BCUT2D eigenvalue weighted by atomic mass is 79.9. The smallest absolute Gasteiger partial charge is 0.239 e. The van der Waals surface area contributed by atoms with Crippen LogP contribution >= 0.6 is 22.1 Å². The Labute approximate surface area is 234 Å². The van der Waals surface area contributed by atoms with E-state index in [0.717, 1.165) is 26.2 Å². The fourth-order valence-electron chi connectivity index (χ4n) is 4.70. The van der Waals surface area contributed by atoms with Gasteiger partial charge in [0.15, 0.2) is 0 Å². The standard InChI is InChI=1S/C28H24BrN6OPS/c29-24-16-8-7-15-23(24)25(26(32-34-30)28(36)35-19-17-20-10-9-18-31-27(20)35)33-37(38,21-11-3-1-4-12-21)22-13-5-2-6-14-22/h1-16,18,25-26H,17,19H2,(H,33,38). The number of aromatic nitrogens is 1. The lowest BCUT2D eigenvalue weighted by molar-refractivity contribution is -0.120. The van der Waals surface area contributed by atoms with Gasteiger partial charge in [0.25, 0.3) is 0 Å². The third-order valence-electron chi connectivity index (χ3n) is 6.54. The van der Waals surface area contributed by atoms with E-state index in [0.29, 0.717) is 18.8 Å². The molecule has 7 nitrogen and oxygen atoms in total. The summed E-state index contributed by atoms with van der Waals surface area (Å²) >= 11 is 10.1. The van der Waals surface area contributed by atoms with Crippen molar-refractivity contribution in [2.75, 3.05) is 11.4 Å². The SMILES string of the molecule is [N-]=[N+]=NC(C(=O)N1CCc2cccnc21)C(NP(=S)(c1ccccc1)c1ccccc1)c1ccccc1Br. The molecule has 0 bridgehead atoms. The van der Waals surface area contributed by atoms with E-state index in [2.05, 4.69) is 36.0 Å². The van der Waals surface area contributed by atoms with Crippen LogP contribution in [0.15, 0.2) is 113 Å². The Morgan fingerprint density at radius 3 is 2.26 bits per heavy atom. The van der Waals surface area contributed by atoms with E-state index in [4.69, 9.17) is 11.8 Å². The first-order chi connectivity index (χ1) is 18.5. The van der Waals surface area contributed by atoms with Crippen LogP contribution in [0, 0.1) is 0 Å². The van der Waals surface area contributed by atoms with Gasteiger partial charge in [-0.1, -0.05) is 118 Å². The van der Waals surface area contributed by atoms with E-state index in [1.807, 2.05) is 97.1 Å². The summed E-state index contributed by atoms with van der Waals surface area (Å²) in [4.78, 5) is 23.3. The Bertz CT molecular complexity index is 1500. The zero-order valence-electron chi connectivity index (χ0n) is 20.3. The van der Waals surface area contributed by atoms with Crippen molar-refractivity contribution in [3.05, 3.63) is 129 Å². The van der Waals surface area contributed by atoms with Crippen molar-refractivity contribution in [1.29, 1.82) is 0 Å². The molecule has 5 rings (SSSR count). The van der Waals surface area contributed by atoms with Crippen LogP contribution in [0.3, 0.4) is 0 Å². The molecule has 4 aromatic rings. The molecule has 2 heterocycles. The topological polar surface area (TPSA) is 94.0 Å². The molecule has 3 aromatic carbocycles. The number of nitrogens with zero attached hydrogens (tertiary/aromatic N) is 5. The molecular formula is C28H24BrN6OPS. The number of nitrogens with one attached hydrogen (secondary N) is 1. The Hall–Kier alpha value is -3.32. The molecule has 0 saturated carbocycles. The lowest BCUT2D eigenvalue weighted by Crippen LogP contribution is -2.45. The van der Waals surface area contributed by atoms with Gasteiger partial charge >= 0.3 is 0 Å². The minimum absolute atomic E-state index is 0.323. The van der Waals surface area contributed by atoms with E-state index >= 15 is 0 Å². The molecule has 0 saturated heterocycles. The maximum Gasteiger partial charge on any atom is 0.239 e. The molecule has 2 unspecified atom stereocenters. The number of anilines is 1. The first-order valence-corrected chi connectivity index (χ1v) is 15.7. The highest BCUT2D eigenvalue weighted by Crippen LogP contribution is 2.45. The van der Waals surface area contributed by atoms with Gasteiger partial charge < -0.3 is 0 Å². The van der Waals surface area contributed by atoms with Gasteiger partial charge in [0.2, 0.25) is 5.91 Å². The summed E-state index contributed by atoms with van der Waals surface area (Å²) < 4.78 is 0.783. The largest absolute Gasteiger partial charge is 0.296 e. The summed E-state index contributed by atoms with van der Waals surface area (Å²) in [6.07, 6.45) is -0.328. The number of fused-ring (bicyclic) bond motifs is 1. The first-order valence-electron chi connectivity index (χ1n) is 12.1. The second-order valence-corrected chi connectivity index (χ2v) is 13.8. The minimum Gasteiger partial charge on any atom is -0.296 e. The number of hydrogen-bond acceptors (Lipinski definition) is 4. The molecule has 38 heavy (non-hydrogen) atoms. The highest BCUT2D eigenvalue weighted by Gasteiger charge is 2.39. The van der Waals surface area contributed by atoms with Crippen molar-refractivity contribution >= 4 is 56.3 Å².